The van der Waals surface area contributed by atoms with Gasteiger partial charge in [-0.15, -0.1) is 0 Å². The second-order valence-electron chi connectivity index (χ2n) is 4.35. The maximum absolute atomic E-state index is 13.5. The first-order valence-electron chi connectivity index (χ1n) is 6.18. The Kier molecular flexibility index (Phi) is 3.16. The summed E-state index contributed by atoms with van der Waals surface area (Å²) in [7, 11) is 0. The maximum atomic E-state index is 13.5. The molecule has 0 aliphatic heterocycles. The van der Waals surface area contributed by atoms with E-state index in [1.165, 1.54) is 12.1 Å². The highest BCUT2D eigenvalue weighted by Gasteiger charge is 2.10. The lowest BCUT2D eigenvalue weighted by Crippen LogP contribution is -2.26. The number of nitrogens with zero attached hydrogens (tertiary/aromatic N) is 2. The van der Waals surface area contributed by atoms with E-state index in [-0.39, 0.29) is 12.2 Å². The van der Waals surface area contributed by atoms with Crippen LogP contribution in [-0.2, 0) is 6.67 Å². The fourth-order valence-electron chi connectivity index (χ4n) is 2.03. The van der Waals surface area contributed by atoms with E-state index in [9.17, 15) is 9.18 Å². The summed E-state index contributed by atoms with van der Waals surface area (Å²) >= 11 is 0. The summed E-state index contributed by atoms with van der Waals surface area (Å²) in [5.41, 5.74) is 1.81. The first-order valence-corrected chi connectivity index (χ1v) is 6.18. The number of nitrogens with one attached hydrogen (secondary N) is 1. The summed E-state index contributed by atoms with van der Waals surface area (Å²) in [5, 5.41) is 2.68. The number of carbonyl (C=O) groups excluding carboxylic acids is 1. The summed E-state index contributed by atoms with van der Waals surface area (Å²) in [6.07, 6.45) is 1.65. The molecule has 4 nitrogen and oxygen atoms in total. The molecule has 0 unspecified atom stereocenters. The Bertz CT molecular complexity index is 766. The van der Waals surface area contributed by atoms with Crippen LogP contribution in [0.1, 0.15) is 10.4 Å². The van der Waals surface area contributed by atoms with Gasteiger partial charge in [0.05, 0.1) is 29.6 Å². The molecule has 20 heavy (non-hydrogen) atoms. The van der Waals surface area contributed by atoms with Gasteiger partial charge < -0.3 is 9.88 Å². The van der Waals surface area contributed by atoms with E-state index in [0.717, 1.165) is 11.0 Å². The quantitative estimate of drug-likeness (QED) is 0.794. The van der Waals surface area contributed by atoms with Crippen LogP contribution >= 0.6 is 0 Å². The van der Waals surface area contributed by atoms with Gasteiger partial charge in [-0.3, -0.25) is 4.79 Å². The number of benzene rings is 2. The molecule has 1 aromatic heterocycles. The van der Waals surface area contributed by atoms with E-state index in [1.807, 2.05) is 24.3 Å². The van der Waals surface area contributed by atoms with Gasteiger partial charge in [-0.05, 0) is 24.3 Å². The normalized spacial score (nSPS) is 10.7. The summed E-state index contributed by atoms with van der Waals surface area (Å²) in [5.74, 6) is -0.971. The number of hydrogen-bond donors (Lipinski definition) is 1. The third kappa shape index (κ3) is 2.25. The van der Waals surface area contributed by atoms with Crippen molar-refractivity contribution in [3.8, 4) is 0 Å². The monoisotopic (exact) mass is 269 g/mol. The van der Waals surface area contributed by atoms with Crippen molar-refractivity contribution in [3.63, 3.8) is 0 Å². The average molecular weight is 269 g/mol. The molecule has 2 aromatic carbocycles. The Morgan fingerprint density at radius 2 is 1.90 bits per heavy atom. The molecule has 3 rings (SSSR count). The van der Waals surface area contributed by atoms with Gasteiger partial charge in [-0.1, -0.05) is 24.3 Å². The van der Waals surface area contributed by atoms with Crippen LogP contribution in [0.25, 0.3) is 11.0 Å². The molecule has 1 N–H and O–H groups in total. The molecule has 0 fully saturated rings. The highest BCUT2D eigenvalue weighted by atomic mass is 19.1. The van der Waals surface area contributed by atoms with E-state index in [4.69, 9.17) is 0 Å². The van der Waals surface area contributed by atoms with Crippen molar-refractivity contribution in [1.29, 1.82) is 0 Å². The number of para-hydroxylation sites is 2. The number of fused-ring (bicyclic) bond motifs is 1. The van der Waals surface area contributed by atoms with Gasteiger partial charge in [-0.25, -0.2) is 9.37 Å². The average Bonchev–Trinajstić information content (AvgIpc) is 2.88. The Balaban J connectivity index is 1.77. The molecule has 0 aliphatic carbocycles. The Morgan fingerprint density at radius 3 is 2.75 bits per heavy atom. The van der Waals surface area contributed by atoms with Crippen LogP contribution in [0.15, 0.2) is 54.9 Å². The first kappa shape index (κ1) is 12.3. The first-order chi connectivity index (χ1) is 9.75. The minimum absolute atomic E-state index is 0.0388. The van der Waals surface area contributed by atoms with Crippen LogP contribution < -0.4 is 5.32 Å². The molecule has 0 aliphatic rings. The molecule has 3 aromatic rings. The highest BCUT2D eigenvalue weighted by Crippen LogP contribution is 2.11. The second-order valence-corrected chi connectivity index (χ2v) is 4.35. The zero-order chi connectivity index (χ0) is 13.9. The minimum Gasteiger partial charge on any atom is -0.334 e. The smallest absolute Gasteiger partial charge is 0.255 e. The molecule has 0 radical (unpaired) electrons. The van der Waals surface area contributed by atoms with Crippen molar-refractivity contribution in [3.05, 3.63) is 66.2 Å². The predicted octanol–water partition coefficient (Wildman–Crippen LogP) is 2.56. The summed E-state index contributed by atoms with van der Waals surface area (Å²) < 4.78 is 15.3. The van der Waals surface area contributed by atoms with Crippen LogP contribution in [0.4, 0.5) is 4.39 Å². The molecule has 0 bridgehead atoms. The largest absolute Gasteiger partial charge is 0.334 e. The third-order valence-corrected chi connectivity index (χ3v) is 3.06. The molecular weight excluding hydrogens is 257 g/mol. The van der Waals surface area contributed by atoms with Gasteiger partial charge in [0.1, 0.15) is 5.82 Å². The standard InChI is InChI=1S/C15H12FN3O/c16-12-6-2-1-5-11(12)15(20)18-10-19-9-17-13-7-3-4-8-14(13)19/h1-9H,10H2,(H,18,20). The molecule has 100 valence electrons. The van der Waals surface area contributed by atoms with E-state index in [0.29, 0.717) is 0 Å². The van der Waals surface area contributed by atoms with Gasteiger partial charge in [0, 0.05) is 0 Å². The Labute approximate surface area is 114 Å². The van der Waals surface area contributed by atoms with Crippen molar-refractivity contribution in [1.82, 2.24) is 14.9 Å². The molecule has 0 spiro atoms. The van der Waals surface area contributed by atoms with Crippen molar-refractivity contribution in [2.75, 3.05) is 0 Å². The number of amides is 1. The Morgan fingerprint density at radius 1 is 1.15 bits per heavy atom. The number of imidazole rings is 1. The van der Waals surface area contributed by atoms with Crippen molar-refractivity contribution in [2.24, 2.45) is 0 Å². The van der Waals surface area contributed by atoms with Gasteiger partial charge in [0.2, 0.25) is 0 Å². The zero-order valence-corrected chi connectivity index (χ0v) is 10.6. The maximum Gasteiger partial charge on any atom is 0.255 e. The Hall–Kier alpha value is -2.69. The van der Waals surface area contributed by atoms with Crippen LogP contribution in [0.3, 0.4) is 0 Å². The number of carbonyl (C=O) groups is 1. The molecule has 1 heterocycles. The zero-order valence-electron chi connectivity index (χ0n) is 10.6. The third-order valence-electron chi connectivity index (χ3n) is 3.06. The van der Waals surface area contributed by atoms with Gasteiger partial charge in [0.25, 0.3) is 5.91 Å². The highest BCUT2D eigenvalue weighted by molar-refractivity contribution is 5.94. The molecular formula is C15H12FN3O. The van der Waals surface area contributed by atoms with Crippen LogP contribution in [0.2, 0.25) is 0 Å². The van der Waals surface area contributed by atoms with Gasteiger partial charge in [-0.2, -0.15) is 0 Å². The van der Waals surface area contributed by atoms with E-state index >= 15 is 0 Å². The van der Waals surface area contributed by atoms with Crippen LogP contribution in [0.5, 0.6) is 0 Å². The van der Waals surface area contributed by atoms with E-state index in [2.05, 4.69) is 10.3 Å². The van der Waals surface area contributed by atoms with Crippen LogP contribution in [-0.4, -0.2) is 15.5 Å². The summed E-state index contributed by atoms with van der Waals surface area (Å²) in [4.78, 5) is 16.1. The van der Waals surface area contributed by atoms with Gasteiger partial charge in [0.15, 0.2) is 0 Å². The summed E-state index contributed by atoms with van der Waals surface area (Å²) in [6, 6.07) is 13.5. The van der Waals surface area contributed by atoms with E-state index in [1.54, 1.807) is 23.0 Å². The SMILES string of the molecule is O=C(NCn1cnc2ccccc21)c1ccccc1F. The molecule has 0 atom stereocenters. The topological polar surface area (TPSA) is 46.9 Å². The van der Waals surface area contributed by atoms with Gasteiger partial charge >= 0.3 is 0 Å². The van der Waals surface area contributed by atoms with Crippen molar-refractivity contribution >= 4 is 16.9 Å². The fourth-order valence-corrected chi connectivity index (χ4v) is 2.03. The number of aromatic nitrogens is 2. The number of halogens is 1. The fraction of sp³-hybridized carbons (Fsp3) is 0.0667. The minimum atomic E-state index is -0.527. The second kappa shape index (κ2) is 5.13. The molecule has 5 heteroatoms. The number of rotatable bonds is 3. The van der Waals surface area contributed by atoms with Crippen LogP contribution in [0, 0.1) is 5.82 Å². The molecule has 0 saturated heterocycles. The van der Waals surface area contributed by atoms with E-state index < -0.39 is 11.7 Å². The van der Waals surface area contributed by atoms with Crippen molar-refractivity contribution < 1.29 is 9.18 Å². The van der Waals surface area contributed by atoms with Crippen molar-refractivity contribution in [2.45, 2.75) is 6.67 Å². The summed E-state index contributed by atoms with van der Waals surface area (Å²) in [6.45, 7) is 0.244. The molecule has 0 saturated carbocycles. The lowest BCUT2D eigenvalue weighted by molar-refractivity contribution is 0.0938. The molecule has 1 amide bonds. The number of hydrogen-bond acceptors (Lipinski definition) is 2. The predicted molar refractivity (Wildman–Crippen MR) is 73.6 cm³/mol. The lowest BCUT2D eigenvalue weighted by Gasteiger charge is -2.07. The lowest BCUT2D eigenvalue weighted by atomic mass is 10.2.